The lowest BCUT2D eigenvalue weighted by atomic mass is 10.2. The van der Waals surface area contributed by atoms with Crippen LogP contribution in [0.25, 0.3) is 0 Å². The molecule has 0 aliphatic carbocycles. The van der Waals surface area contributed by atoms with Gasteiger partial charge >= 0.3 is 0 Å². The van der Waals surface area contributed by atoms with Crippen LogP contribution in [0.3, 0.4) is 0 Å². The first kappa shape index (κ1) is 19.8. The van der Waals surface area contributed by atoms with Crippen molar-refractivity contribution in [3.05, 3.63) is 57.0 Å². The number of para-hydroxylation sites is 1. The molecule has 0 unspecified atom stereocenters. The molecule has 0 aliphatic rings. The minimum absolute atomic E-state index is 0.229. The summed E-state index contributed by atoms with van der Waals surface area (Å²) in [6.45, 7) is 1.24. The summed E-state index contributed by atoms with van der Waals surface area (Å²) >= 11 is 18.1. The van der Waals surface area contributed by atoms with E-state index in [1.165, 1.54) is 0 Å². The van der Waals surface area contributed by atoms with Crippen LogP contribution in [0.4, 0.5) is 11.4 Å². The Hall–Kier alpha value is -1.47. The second kappa shape index (κ2) is 7.83. The molecule has 0 radical (unpaired) electrons. The molecule has 0 aromatic heterocycles. The Morgan fingerprint density at radius 1 is 1.04 bits per heavy atom. The van der Waals surface area contributed by atoms with Gasteiger partial charge in [0.05, 0.1) is 27.7 Å². The van der Waals surface area contributed by atoms with Gasteiger partial charge in [-0.1, -0.05) is 46.9 Å². The number of carbonyl (C=O) groups excluding carboxylic acids is 1. The van der Waals surface area contributed by atoms with E-state index in [-0.39, 0.29) is 15.7 Å². The van der Waals surface area contributed by atoms with Crippen molar-refractivity contribution in [2.24, 2.45) is 0 Å². The second-order valence-electron chi connectivity index (χ2n) is 5.30. The van der Waals surface area contributed by atoms with E-state index in [2.05, 4.69) is 5.32 Å². The molecule has 0 heterocycles. The molecule has 0 spiro atoms. The summed E-state index contributed by atoms with van der Waals surface area (Å²) in [5.74, 6) is -0.584. The number of halogens is 3. The average molecular weight is 422 g/mol. The van der Waals surface area contributed by atoms with Crippen molar-refractivity contribution in [1.82, 2.24) is 0 Å². The normalized spacial score (nSPS) is 11.2. The number of sulfonamides is 1. The number of benzene rings is 2. The lowest BCUT2D eigenvalue weighted by molar-refractivity contribution is -0.114. The molecule has 0 fully saturated rings. The number of carbonyl (C=O) groups is 1. The molecule has 134 valence electrons. The fourth-order valence-electron chi connectivity index (χ4n) is 2.17. The summed E-state index contributed by atoms with van der Waals surface area (Å²) in [7, 11) is -3.72. The summed E-state index contributed by atoms with van der Waals surface area (Å²) in [6, 6.07) is 9.61. The molecule has 0 aliphatic heterocycles. The molecule has 0 bridgehead atoms. The SMILES string of the molecule is Cc1c(Cl)cccc1N(CC(=O)Nc1c(Cl)cccc1Cl)S(C)(=O)=O. The average Bonchev–Trinajstić information content (AvgIpc) is 2.51. The third-order valence-corrected chi connectivity index (χ3v) is 5.59. The van der Waals surface area contributed by atoms with Crippen LogP contribution in [-0.2, 0) is 14.8 Å². The molecule has 0 saturated heterocycles. The van der Waals surface area contributed by atoms with Gasteiger partial charge in [-0.2, -0.15) is 0 Å². The van der Waals surface area contributed by atoms with E-state index in [1.54, 1.807) is 43.3 Å². The smallest absolute Gasteiger partial charge is 0.245 e. The zero-order chi connectivity index (χ0) is 18.8. The Morgan fingerprint density at radius 2 is 1.56 bits per heavy atom. The highest BCUT2D eigenvalue weighted by molar-refractivity contribution is 7.92. The van der Waals surface area contributed by atoms with Crippen LogP contribution in [-0.4, -0.2) is 27.1 Å². The van der Waals surface area contributed by atoms with Gasteiger partial charge in [0, 0.05) is 5.02 Å². The van der Waals surface area contributed by atoms with Crippen LogP contribution in [0.5, 0.6) is 0 Å². The molecule has 0 atom stereocenters. The maximum absolute atomic E-state index is 12.4. The van der Waals surface area contributed by atoms with Crippen molar-refractivity contribution in [3.8, 4) is 0 Å². The zero-order valence-corrected chi connectivity index (χ0v) is 16.5. The van der Waals surface area contributed by atoms with Crippen molar-refractivity contribution in [2.75, 3.05) is 22.4 Å². The van der Waals surface area contributed by atoms with Gasteiger partial charge in [0.15, 0.2) is 0 Å². The predicted molar refractivity (Wildman–Crippen MR) is 103 cm³/mol. The number of hydrogen-bond acceptors (Lipinski definition) is 3. The van der Waals surface area contributed by atoms with E-state index in [1.807, 2.05) is 0 Å². The fourth-order valence-corrected chi connectivity index (χ4v) is 3.74. The highest BCUT2D eigenvalue weighted by atomic mass is 35.5. The first-order valence-electron chi connectivity index (χ1n) is 7.08. The quantitative estimate of drug-likeness (QED) is 0.780. The lowest BCUT2D eigenvalue weighted by Crippen LogP contribution is -2.38. The minimum atomic E-state index is -3.72. The number of anilines is 2. The largest absolute Gasteiger partial charge is 0.322 e. The standard InChI is InChI=1S/C16H15Cl3N2O3S/c1-10-11(17)5-4-8-14(10)21(25(2,23)24)9-15(22)20-16-12(18)6-3-7-13(16)19/h3-8H,9H2,1-2H3,(H,20,22). The third kappa shape index (κ3) is 4.79. The third-order valence-electron chi connectivity index (χ3n) is 3.42. The minimum Gasteiger partial charge on any atom is -0.322 e. The Morgan fingerprint density at radius 3 is 2.12 bits per heavy atom. The van der Waals surface area contributed by atoms with Gasteiger partial charge in [0.2, 0.25) is 15.9 Å². The molecular weight excluding hydrogens is 407 g/mol. The van der Waals surface area contributed by atoms with Gasteiger partial charge in [0.25, 0.3) is 0 Å². The Kier molecular flexibility index (Phi) is 6.21. The maximum Gasteiger partial charge on any atom is 0.245 e. The molecule has 9 heteroatoms. The van der Waals surface area contributed by atoms with Crippen molar-refractivity contribution < 1.29 is 13.2 Å². The summed E-state index contributed by atoms with van der Waals surface area (Å²) in [6.07, 6.45) is 1.02. The van der Waals surface area contributed by atoms with E-state index in [0.717, 1.165) is 10.6 Å². The van der Waals surface area contributed by atoms with Gasteiger partial charge < -0.3 is 5.32 Å². The number of hydrogen-bond donors (Lipinski definition) is 1. The van der Waals surface area contributed by atoms with Crippen LogP contribution >= 0.6 is 34.8 Å². The maximum atomic E-state index is 12.4. The van der Waals surface area contributed by atoms with E-state index in [0.29, 0.717) is 16.3 Å². The van der Waals surface area contributed by atoms with Crippen LogP contribution < -0.4 is 9.62 Å². The predicted octanol–water partition coefficient (Wildman–Crippen LogP) is 4.36. The molecular formula is C16H15Cl3N2O3S. The molecule has 5 nitrogen and oxygen atoms in total. The highest BCUT2D eigenvalue weighted by Gasteiger charge is 2.23. The van der Waals surface area contributed by atoms with E-state index < -0.39 is 22.5 Å². The fraction of sp³-hybridized carbons (Fsp3) is 0.188. The van der Waals surface area contributed by atoms with Crippen LogP contribution in [0.1, 0.15) is 5.56 Å². The highest BCUT2D eigenvalue weighted by Crippen LogP contribution is 2.31. The Labute approximate surface area is 161 Å². The first-order chi connectivity index (χ1) is 11.6. The molecule has 1 amide bonds. The topological polar surface area (TPSA) is 66.5 Å². The summed E-state index contributed by atoms with van der Waals surface area (Å²) in [5, 5.41) is 3.46. The van der Waals surface area contributed by atoms with Crippen LogP contribution in [0.15, 0.2) is 36.4 Å². The van der Waals surface area contributed by atoms with Crippen molar-refractivity contribution >= 4 is 62.1 Å². The number of rotatable bonds is 5. The van der Waals surface area contributed by atoms with E-state index >= 15 is 0 Å². The van der Waals surface area contributed by atoms with Gasteiger partial charge in [-0.25, -0.2) is 8.42 Å². The Bertz CT molecular complexity index is 897. The Balaban J connectivity index is 2.32. The van der Waals surface area contributed by atoms with Crippen molar-refractivity contribution in [1.29, 1.82) is 0 Å². The monoisotopic (exact) mass is 420 g/mol. The molecule has 25 heavy (non-hydrogen) atoms. The first-order valence-corrected chi connectivity index (χ1v) is 10.1. The van der Waals surface area contributed by atoms with Gasteiger partial charge in [-0.3, -0.25) is 9.10 Å². The van der Waals surface area contributed by atoms with Crippen molar-refractivity contribution in [3.63, 3.8) is 0 Å². The number of nitrogens with one attached hydrogen (secondary N) is 1. The molecule has 0 saturated carbocycles. The number of nitrogens with zero attached hydrogens (tertiary/aromatic N) is 1. The number of amides is 1. The van der Waals surface area contributed by atoms with Crippen LogP contribution in [0, 0.1) is 6.92 Å². The van der Waals surface area contributed by atoms with Gasteiger partial charge in [0.1, 0.15) is 6.54 Å². The van der Waals surface area contributed by atoms with E-state index in [9.17, 15) is 13.2 Å². The summed E-state index contributed by atoms with van der Waals surface area (Å²) < 4.78 is 25.3. The van der Waals surface area contributed by atoms with Gasteiger partial charge in [-0.15, -0.1) is 0 Å². The summed E-state index contributed by atoms with van der Waals surface area (Å²) in [5.41, 5.74) is 1.11. The summed E-state index contributed by atoms with van der Waals surface area (Å²) in [4.78, 5) is 12.4. The molecule has 2 rings (SSSR count). The van der Waals surface area contributed by atoms with E-state index in [4.69, 9.17) is 34.8 Å². The lowest BCUT2D eigenvalue weighted by Gasteiger charge is -2.24. The van der Waals surface area contributed by atoms with Gasteiger partial charge in [-0.05, 0) is 36.8 Å². The second-order valence-corrected chi connectivity index (χ2v) is 8.43. The molecule has 1 N–H and O–H groups in total. The zero-order valence-electron chi connectivity index (χ0n) is 13.4. The van der Waals surface area contributed by atoms with Crippen LogP contribution in [0.2, 0.25) is 15.1 Å². The molecule has 2 aromatic carbocycles. The van der Waals surface area contributed by atoms with Crippen molar-refractivity contribution in [2.45, 2.75) is 6.92 Å². The molecule has 2 aromatic rings.